The van der Waals surface area contributed by atoms with Crippen LogP contribution in [0.4, 0.5) is 0 Å². The minimum Gasteiger partial charge on any atom is -0.462 e. The molecule has 0 aromatic carbocycles. The lowest BCUT2D eigenvalue weighted by Crippen LogP contribution is -2.29. The highest BCUT2D eigenvalue weighted by Gasteiger charge is 2.27. The largest absolute Gasteiger partial charge is 0.472 e. The van der Waals surface area contributed by atoms with Crippen molar-refractivity contribution in [2.45, 2.75) is 193 Å². The number of esters is 2. The van der Waals surface area contributed by atoms with Gasteiger partial charge in [-0.05, 0) is 44.9 Å². The molecule has 0 spiro atoms. The van der Waals surface area contributed by atoms with Crippen LogP contribution in [0.2, 0.25) is 0 Å². The van der Waals surface area contributed by atoms with Gasteiger partial charge < -0.3 is 24.6 Å². The lowest BCUT2D eigenvalue weighted by Gasteiger charge is -2.20. The number of hydrogen-bond donors (Lipinski definition) is 3. The molecule has 3 atom stereocenters. The van der Waals surface area contributed by atoms with Crippen LogP contribution in [0.25, 0.3) is 0 Å². The highest BCUT2D eigenvalue weighted by molar-refractivity contribution is 7.47. The maximum Gasteiger partial charge on any atom is 0.472 e. The minimum absolute atomic E-state index is 0.171. The summed E-state index contributed by atoms with van der Waals surface area (Å²) in [6.07, 6.45) is 34.3. The Morgan fingerprint density at radius 2 is 1.02 bits per heavy atom. The summed E-state index contributed by atoms with van der Waals surface area (Å²) < 4.78 is 32.6. The van der Waals surface area contributed by atoms with Gasteiger partial charge in [0, 0.05) is 12.8 Å². The number of phosphoric acid groups is 1. The van der Waals surface area contributed by atoms with Crippen molar-refractivity contribution in [1.29, 1.82) is 0 Å². The first kappa shape index (κ1) is 49.5. The van der Waals surface area contributed by atoms with Crippen LogP contribution in [-0.2, 0) is 32.7 Å². The summed E-state index contributed by atoms with van der Waals surface area (Å²) in [5.41, 5.74) is 0. The van der Waals surface area contributed by atoms with Gasteiger partial charge in [-0.3, -0.25) is 18.6 Å². The molecule has 0 amide bonds. The molecule has 0 aliphatic rings. The van der Waals surface area contributed by atoms with Crippen molar-refractivity contribution in [3.05, 3.63) is 24.3 Å². The van der Waals surface area contributed by atoms with Gasteiger partial charge in [-0.1, -0.05) is 147 Å². The van der Waals surface area contributed by atoms with E-state index in [1.807, 2.05) is 0 Å². The van der Waals surface area contributed by atoms with Crippen molar-refractivity contribution < 1.29 is 47.8 Å². The van der Waals surface area contributed by atoms with E-state index in [1.165, 1.54) is 83.5 Å². The number of carbonyl (C=O) groups is 2. The quantitative estimate of drug-likeness (QED) is 0.0241. The molecule has 3 N–H and O–H groups in total. The number of carbonyl (C=O) groups excluding carboxylic acids is 2. The normalized spacial score (nSPS) is 14.2. The van der Waals surface area contributed by atoms with Gasteiger partial charge in [0.2, 0.25) is 0 Å². The number of ether oxygens (including phenoxy) is 2. The molecule has 3 unspecified atom stereocenters. The van der Waals surface area contributed by atoms with Gasteiger partial charge >= 0.3 is 19.8 Å². The molecule has 0 heterocycles. The summed E-state index contributed by atoms with van der Waals surface area (Å²) in [6.45, 7) is 2.34. The summed E-state index contributed by atoms with van der Waals surface area (Å²) in [5, 5.41) is 18.3. The molecule has 0 saturated carbocycles. The molecular formula is C40H75O10P. The number of hydrogen-bond acceptors (Lipinski definition) is 9. The van der Waals surface area contributed by atoms with E-state index in [1.54, 1.807) is 0 Å². The molecule has 0 aromatic rings. The molecule has 0 rings (SSSR count). The van der Waals surface area contributed by atoms with E-state index >= 15 is 0 Å². The van der Waals surface area contributed by atoms with Crippen LogP contribution in [0.1, 0.15) is 181 Å². The van der Waals surface area contributed by atoms with E-state index in [0.717, 1.165) is 57.8 Å². The SMILES string of the molecule is CCCCCC/C=C\C/C=C\CCCCCCCC(=O)OC(COC(=O)CCCCCCCCCCCCCC)COP(=O)(O)OCC(O)CO. The molecule has 0 aliphatic heterocycles. The van der Waals surface area contributed by atoms with Crippen molar-refractivity contribution in [3.8, 4) is 0 Å². The van der Waals surface area contributed by atoms with Crippen LogP contribution in [0.3, 0.4) is 0 Å². The summed E-state index contributed by atoms with van der Waals surface area (Å²) >= 11 is 0. The highest BCUT2D eigenvalue weighted by Crippen LogP contribution is 2.43. The Hall–Kier alpha value is -1.55. The Bertz CT molecular complexity index is 910. The fraction of sp³-hybridized carbons (Fsp3) is 0.850. The zero-order valence-corrected chi connectivity index (χ0v) is 33.2. The third-order valence-corrected chi connectivity index (χ3v) is 9.56. The number of unbranched alkanes of at least 4 members (excludes halogenated alkanes) is 20. The van der Waals surface area contributed by atoms with Crippen LogP contribution in [0, 0.1) is 0 Å². The zero-order valence-electron chi connectivity index (χ0n) is 32.3. The van der Waals surface area contributed by atoms with E-state index in [9.17, 15) is 24.2 Å². The molecule has 0 bridgehead atoms. The van der Waals surface area contributed by atoms with Gasteiger partial charge in [-0.15, -0.1) is 0 Å². The molecule has 10 nitrogen and oxygen atoms in total. The van der Waals surface area contributed by atoms with Gasteiger partial charge in [0.1, 0.15) is 12.7 Å². The Morgan fingerprint density at radius 3 is 1.53 bits per heavy atom. The van der Waals surface area contributed by atoms with Crippen LogP contribution in [0.15, 0.2) is 24.3 Å². The minimum atomic E-state index is -4.61. The third-order valence-electron chi connectivity index (χ3n) is 8.61. The van der Waals surface area contributed by atoms with Crippen molar-refractivity contribution in [1.82, 2.24) is 0 Å². The molecule has 51 heavy (non-hydrogen) atoms. The third kappa shape index (κ3) is 36.6. The monoisotopic (exact) mass is 747 g/mol. The molecule has 0 aromatic heterocycles. The first-order valence-electron chi connectivity index (χ1n) is 20.3. The average Bonchev–Trinajstić information content (AvgIpc) is 3.12. The summed E-state index contributed by atoms with van der Waals surface area (Å²) in [4.78, 5) is 34.9. The van der Waals surface area contributed by atoms with Crippen molar-refractivity contribution in [2.24, 2.45) is 0 Å². The van der Waals surface area contributed by atoms with Gasteiger partial charge in [0.25, 0.3) is 0 Å². The number of aliphatic hydroxyl groups excluding tert-OH is 2. The fourth-order valence-corrected chi connectivity index (χ4v) is 6.22. The van der Waals surface area contributed by atoms with Crippen molar-refractivity contribution in [3.63, 3.8) is 0 Å². The second kappa shape index (κ2) is 36.8. The van der Waals surface area contributed by atoms with Crippen LogP contribution >= 0.6 is 7.82 Å². The van der Waals surface area contributed by atoms with Crippen molar-refractivity contribution in [2.75, 3.05) is 26.4 Å². The van der Waals surface area contributed by atoms with E-state index in [-0.39, 0.29) is 19.4 Å². The zero-order chi connectivity index (χ0) is 37.7. The predicted molar refractivity (Wildman–Crippen MR) is 205 cm³/mol. The molecule has 0 saturated heterocycles. The second-order valence-corrected chi connectivity index (χ2v) is 15.1. The smallest absolute Gasteiger partial charge is 0.462 e. The van der Waals surface area contributed by atoms with Crippen LogP contribution < -0.4 is 0 Å². The maximum atomic E-state index is 12.6. The van der Waals surface area contributed by atoms with Crippen molar-refractivity contribution >= 4 is 19.8 Å². The lowest BCUT2D eigenvalue weighted by molar-refractivity contribution is -0.161. The van der Waals surface area contributed by atoms with E-state index < -0.39 is 51.8 Å². The Balaban J connectivity index is 4.35. The number of aliphatic hydroxyl groups is 2. The first-order chi connectivity index (χ1) is 24.7. The lowest BCUT2D eigenvalue weighted by atomic mass is 10.0. The molecule has 11 heteroatoms. The molecular weight excluding hydrogens is 671 g/mol. The highest BCUT2D eigenvalue weighted by atomic mass is 31.2. The van der Waals surface area contributed by atoms with Gasteiger partial charge in [0.15, 0.2) is 6.10 Å². The Kier molecular flexibility index (Phi) is 35.7. The Labute approximate surface area is 310 Å². The maximum absolute atomic E-state index is 12.6. The van der Waals surface area contributed by atoms with Gasteiger partial charge in [-0.25, -0.2) is 4.57 Å². The predicted octanol–water partition coefficient (Wildman–Crippen LogP) is 10.2. The summed E-state index contributed by atoms with van der Waals surface area (Å²) in [7, 11) is -4.61. The topological polar surface area (TPSA) is 149 Å². The van der Waals surface area contributed by atoms with Gasteiger partial charge in [-0.2, -0.15) is 0 Å². The molecule has 0 fully saturated rings. The first-order valence-corrected chi connectivity index (χ1v) is 21.8. The van der Waals surface area contributed by atoms with E-state index in [4.69, 9.17) is 19.1 Å². The number of rotatable bonds is 38. The standard InChI is InChI=1S/C40H75O10P/c1-3-5-7-9-11-13-15-17-18-19-20-22-24-26-28-30-32-40(44)50-38(36-49-51(45,46)48-34-37(42)33-41)35-47-39(43)31-29-27-25-23-21-16-14-12-10-8-6-4-2/h13,15,18-19,37-38,41-42H,3-12,14,16-17,20-36H2,1-2H3,(H,45,46)/b15-13-,19-18-. The molecule has 0 radical (unpaired) electrons. The second-order valence-electron chi connectivity index (χ2n) is 13.7. The van der Waals surface area contributed by atoms with E-state index in [0.29, 0.717) is 12.8 Å². The molecule has 300 valence electrons. The number of allylic oxidation sites excluding steroid dienone is 4. The number of phosphoric ester groups is 1. The molecule has 0 aliphatic carbocycles. The summed E-state index contributed by atoms with van der Waals surface area (Å²) in [5.74, 6) is -0.937. The van der Waals surface area contributed by atoms with E-state index in [2.05, 4.69) is 42.7 Å². The Morgan fingerprint density at radius 1 is 0.588 bits per heavy atom. The fourth-order valence-electron chi connectivity index (χ4n) is 5.43. The summed E-state index contributed by atoms with van der Waals surface area (Å²) in [6, 6.07) is 0. The van der Waals surface area contributed by atoms with Crippen LogP contribution in [-0.4, -0.2) is 65.7 Å². The van der Waals surface area contributed by atoms with Crippen LogP contribution in [0.5, 0.6) is 0 Å². The average molecular weight is 747 g/mol. The van der Waals surface area contributed by atoms with Gasteiger partial charge in [0.05, 0.1) is 19.8 Å².